The van der Waals surface area contributed by atoms with Gasteiger partial charge in [-0.15, -0.1) is 0 Å². The number of rotatable bonds is 2. The lowest BCUT2D eigenvalue weighted by Crippen LogP contribution is -1.91. The van der Waals surface area contributed by atoms with Crippen molar-refractivity contribution in [2.24, 2.45) is 0 Å². The van der Waals surface area contributed by atoms with Gasteiger partial charge in [0.05, 0.1) is 0 Å². The highest BCUT2D eigenvalue weighted by molar-refractivity contribution is 5.89. The van der Waals surface area contributed by atoms with E-state index in [-0.39, 0.29) is 0 Å². The van der Waals surface area contributed by atoms with Crippen LogP contribution in [-0.2, 0) is 9.59 Å². The predicted octanol–water partition coefficient (Wildman–Crippen LogP) is 1.29. The van der Waals surface area contributed by atoms with Crippen LogP contribution in [0.4, 0.5) is 0 Å². The molecule has 0 unspecified atom stereocenters. The summed E-state index contributed by atoms with van der Waals surface area (Å²) in [6.45, 7) is 4.00. The highest BCUT2D eigenvalue weighted by Gasteiger charge is 1.88. The highest BCUT2D eigenvalue weighted by Crippen LogP contribution is 1.70. The minimum atomic E-state index is -1.26. The molecule has 0 radical (unpaired) electrons. The predicted molar refractivity (Wildman–Crippen MR) is 44.9 cm³/mol. The summed E-state index contributed by atoms with van der Waals surface area (Å²) in [6, 6.07) is 0. The van der Waals surface area contributed by atoms with Crippen LogP contribution in [0.15, 0.2) is 24.3 Å². The van der Waals surface area contributed by atoms with Gasteiger partial charge in [0, 0.05) is 12.2 Å². The first-order chi connectivity index (χ1) is 5.54. The first kappa shape index (κ1) is 13.0. The fourth-order valence-electron chi connectivity index (χ4n) is 0.143. The van der Waals surface area contributed by atoms with Crippen molar-refractivity contribution in [3.8, 4) is 0 Å². The van der Waals surface area contributed by atoms with Crippen molar-refractivity contribution in [1.29, 1.82) is 0 Å². The van der Waals surface area contributed by atoms with Crippen molar-refractivity contribution >= 4 is 11.9 Å². The average molecular weight is 172 g/mol. The number of carboxylic acids is 2. The van der Waals surface area contributed by atoms with Gasteiger partial charge in [-0.25, -0.2) is 9.59 Å². The molecule has 0 aliphatic rings. The Kier molecular flexibility index (Phi) is 10.2. The maximum absolute atomic E-state index is 9.55. The topological polar surface area (TPSA) is 74.6 Å². The summed E-state index contributed by atoms with van der Waals surface area (Å²) in [5.41, 5.74) is 0. The van der Waals surface area contributed by atoms with Crippen LogP contribution in [0.2, 0.25) is 0 Å². The highest BCUT2D eigenvalue weighted by atomic mass is 16.4. The molecule has 0 aromatic rings. The van der Waals surface area contributed by atoms with Gasteiger partial charge in [0.2, 0.25) is 0 Å². The van der Waals surface area contributed by atoms with Gasteiger partial charge in [0.15, 0.2) is 0 Å². The second-order valence-electron chi connectivity index (χ2n) is 1.68. The van der Waals surface area contributed by atoms with Crippen molar-refractivity contribution in [3.63, 3.8) is 0 Å². The normalized spacial score (nSPS) is 9.50. The number of hydrogen-bond acceptors (Lipinski definition) is 2. The van der Waals surface area contributed by atoms with Gasteiger partial charge in [-0.2, -0.15) is 0 Å². The molecule has 0 atom stereocenters. The van der Waals surface area contributed by atoms with Crippen molar-refractivity contribution in [2.75, 3.05) is 0 Å². The summed E-state index contributed by atoms with van der Waals surface area (Å²) in [7, 11) is 0. The van der Waals surface area contributed by atoms with E-state index in [1.165, 1.54) is 0 Å². The third-order valence-electron chi connectivity index (χ3n) is 0.702. The number of carbonyl (C=O) groups is 2. The molecule has 4 heteroatoms. The number of allylic oxidation sites excluding steroid dienone is 2. The van der Waals surface area contributed by atoms with Crippen molar-refractivity contribution in [1.82, 2.24) is 0 Å². The quantitative estimate of drug-likeness (QED) is 0.486. The van der Waals surface area contributed by atoms with E-state index in [2.05, 4.69) is 0 Å². The Morgan fingerprint density at radius 3 is 1.25 bits per heavy atom. The van der Waals surface area contributed by atoms with Gasteiger partial charge in [-0.3, -0.25) is 0 Å². The Morgan fingerprint density at radius 1 is 0.917 bits per heavy atom. The SMILES string of the molecule is CC=CC.O=C(O)/C=C\C(=O)O. The first-order valence-electron chi connectivity index (χ1n) is 3.25. The van der Waals surface area contributed by atoms with Crippen LogP contribution >= 0.6 is 0 Å². The second-order valence-corrected chi connectivity index (χ2v) is 1.68. The molecule has 0 aromatic carbocycles. The second kappa shape index (κ2) is 9.42. The van der Waals surface area contributed by atoms with Crippen LogP contribution in [0.5, 0.6) is 0 Å². The minimum Gasteiger partial charge on any atom is -0.478 e. The summed E-state index contributed by atoms with van der Waals surface area (Å²) in [4.78, 5) is 19.1. The summed E-state index contributed by atoms with van der Waals surface area (Å²) >= 11 is 0. The van der Waals surface area contributed by atoms with Gasteiger partial charge in [-0.05, 0) is 13.8 Å². The van der Waals surface area contributed by atoms with Crippen molar-refractivity contribution in [2.45, 2.75) is 13.8 Å². The largest absolute Gasteiger partial charge is 0.478 e. The van der Waals surface area contributed by atoms with Crippen LogP contribution in [0, 0.1) is 0 Å². The van der Waals surface area contributed by atoms with E-state index in [1.807, 2.05) is 26.0 Å². The van der Waals surface area contributed by atoms with Crippen LogP contribution in [-0.4, -0.2) is 22.2 Å². The van der Waals surface area contributed by atoms with Crippen LogP contribution in [0.1, 0.15) is 13.8 Å². The molecule has 0 saturated heterocycles. The van der Waals surface area contributed by atoms with E-state index >= 15 is 0 Å². The number of carboxylic acid groups (broad SMARTS) is 2. The van der Waals surface area contributed by atoms with Gasteiger partial charge in [0.25, 0.3) is 0 Å². The summed E-state index contributed by atoms with van der Waals surface area (Å²) < 4.78 is 0. The smallest absolute Gasteiger partial charge is 0.328 e. The Balaban J connectivity index is 0. The van der Waals surface area contributed by atoms with Crippen molar-refractivity contribution in [3.05, 3.63) is 24.3 Å². The molecule has 68 valence electrons. The molecule has 0 saturated carbocycles. The first-order valence-corrected chi connectivity index (χ1v) is 3.25. The fraction of sp³-hybridized carbons (Fsp3) is 0.250. The molecule has 0 aliphatic carbocycles. The van der Waals surface area contributed by atoms with Gasteiger partial charge < -0.3 is 10.2 Å². The van der Waals surface area contributed by atoms with E-state index in [4.69, 9.17) is 10.2 Å². The summed E-state index contributed by atoms with van der Waals surface area (Å²) in [5.74, 6) is -2.51. The summed E-state index contributed by atoms with van der Waals surface area (Å²) in [5, 5.41) is 15.6. The molecule has 4 nitrogen and oxygen atoms in total. The third-order valence-corrected chi connectivity index (χ3v) is 0.702. The van der Waals surface area contributed by atoms with Crippen LogP contribution in [0.3, 0.4) is 0 Å². The molecule has 0 fully saturated rings. The molecule has 0 aliphatic heterocycles. The zero-order valence-corrected chi connectivity index (χ0v) is 7.02. The minimum absolute atomic E-state index is 0.558. The van der Waals surface area contributed by atoms with Gasteiger partial charge in [-0.1, -0.05) is 12.2 Å². The van der Waals surface area contributed by atoms with E-state index in [0.717, 1.165) is 0 Å². The van der Waals surface area contributed by atoms with E-state index in [0.29, 0.717) is 12.2 Å². The Labute approximate surface area is 70.8 Å². The Bertz CT molecular complexity index is 171. The average Bonchev–Trinajstić information content (AvgIpc) is 2.01. The molecule has 0 heterocycles. The summed E-state index contributed by atoms with van der Waals surface area (Å²) in [6.07, 6.45) is 5.12. The van der Waals surface area contributed by atoms with E-state index in [9.17, 15) is 9.59 Å². The molecule has 0 rings (SSSR count). The van der Waals surface area contributed by atoms with Crippen LogP contribution < -0.4 is 0 Å². The molecule has 12 heavy (non-hydrogen) atoms. The molecule has 0 aromatic heterocycles. The lowest BCUT2D eigenvalue weighted by Gasteiger charge is -1.74. The van der Waals surface area contributed by atoms with Crippen molar-refractivity contribution < 1.29 is 19.8 Å². The van der Waals surface area contributed by atoms with E-state index in [1.54, 1.807) is 0 Å². The Morgan fingerprint density at radius 2 is 1.17 bits per heavy atom. The van der Waals surface area contributed by atoms with Gasteiger partial charge in [0.1, 0.15) is 0 Å². The van der Waals surface area contributed by atoms with Crippen LogP contribution in [0.25, 0.3) is 0 Å². The number of hydrogen-bond donors (Lipinski definition) is 2. The lowest BCUT2D eigenvalue weighted by molar-refractivity contribution is -0.134. The molecular formula is C8H12O4. The third kappa shape index (κ3) is 23.7. The van der Waals surface area contributed by atoms with E-state index < -0.39 is 11.9 Å². The fourth-order valence-corrected chi connectivity index (χ4v) is 0.143. The number of aliphatic carboxylic acids is 2. The van der Waals surface area contributed by atoms with Gasteiger partial charge >= 0.3 is 11.9 Å². The molecule has 0 spiro atoms. The maximum atomic E-state index is 9.55. The monoisotopic (exact) mass is 172 g/mol. The molecule has 0 amide bonds. The molecular weight excluding hydrogens is 160 g/mol. The lowest BCUT2D eigenvalue weighted by atomic mass is 10.5. The standard InChI is InChI=1S/C4H4O4.C4H8/c5-3(6)1-2-4(7)8;1-3-4-2/h1-2H,(H,5,6)(H,7,8);3-4H,1-2H3/b2-1-;. The Hall–Kier alpha value is -1.58. The molecule has 2 N–H and O–H groups in total. The molecule has 0 bridgehead atoms. The zero-order chi connectivity index (χ0) is 9.98. The zero-order valence-electron chi connectivity index (χ0n) is 7.02. The maximum Gasteiger partial charge on any atom is 0.328 e.